The number of amides is 4. The quantitative estimate of drug-likeness (QED) is 0.525. The topological polar surface area (TPSA) is 87.7 Å². The number of rotatable bonds is 7. The molecule has 1 saturated heterocycles. The van der Waals surface area contributed by atoms with Crippen molar-refractivity contribution in [2.75, 3.05) is 19.7 Å². The summed E-state index contributed by atoms with van der Waals surface area (Å²) in [5, 5.41) is 5.67. The number of ether oxygens (including phenoxy) is 1. The van der Waals surface area contributed by atoms with E-state index in [4.69, 9.17) is 4.74 Å². The molecule has 7 heteroatoms. The van der Waals surface area contributed by atoms with Crippen LogP contribution in [0.15, 0.2) is 0 Å². The Morgan fingerprint density at radius 3 is 2.67 bits per heavy atom. The molecule has 7 nitrogen and oxygen atoms in total. The van der Waals surface area contributed by atoms with Crippen LogP contribution in [0.3, 0.4) is 0 Å². The van der Waals surface area contributed by atoms with Crippen molar-refractivity contribution >= 4 is 17.8 Å². The summed E-state index contributed by atoms with van der Waals surface area (Å²) in [6.07, 6.45) is 10.8. The lowest BCUT2D eigenvalue weighted by atomic mass is 9.73. The van der Waals surface area contributed by atoms with Crippen LogP contribution >= 0.6 is 0 Å². The fourth-order valence-corrected chi connectivity index (χ4v) is 4.62. The van der Waals surface area contributed by atoms with Crippen molar-refractivity contribution in [2.24, 2.45) is 5.92 Å². The summed E-state index contributed by atoms with van der Waals surface area (Å²) in [7, 11) is 0. The fourth-order valence-electron chi connectivity index (χ4n) is 4.62. The Bertz CT molecular complexity index is 561. The molecule has 1 spiro atoms. The maximum Gasteiger partial charge on any atom is 0.325 e. The molecule has 0 aromatic heterocycles. The van der Waals surface area contributed by atoms with Gasteiger partial charge in [-0.2, -0.15) is 0 Å². The number of hydrogen-bond acceptors (Lipinski definition) is 4. The first-order chi connectivity index (χ1) is 13.0. The van der Waals surface area contributed by atoms with Gasteiger partial charge in [0.15, 0.2) is 0 Å². The molecular weight excluding hydrogens is 346 g/mol. The van der Waals surface area contributed by atoms with Crippen molar-refractivity contribution in [2.45, 2.75) is 82.8 Å². The maximum atomic E-state index is 12.8. The molecule has 3 fully saturated rings. The van der Waals surface area contributed by atoms with Gasteiger partial charge in [0.05, 0.1) is 6.10 Å². The average Bonchev–Trinajstić information content (AvgIpc) is 2.90. The number of nitrogens with one attached hydrogen (secondary N) is 2. The van der Waals surface area contributed by atoms with Crippen molar-refractivity contribution in [3.8, 4) is 0 Å². The highest BCUT2D eigenvalue weighted by atomic mass is 16.5. The number of carbonyl (C=O) groups is 3. The first-order valence-corrected chi connectivity index (χ1v) is 10.6. The van der Waals surface area contributed by atoms with E-state index in [2.05, 4.69) is 10.6 Å². The monoisotopic (exact) mass is 379 g/mol. The van der Waals surface area contributed by atoms with E-state index in [1.54, 1.807) is 0 Å². The Hall–Kier alpha value is -1.63. The largest absolute Gasteiger partial charge is 0.378 e. The van der Waals surface area contributed by atoms with E-state index in [1.165, 1.54) is 19.3 Å². The summed E-state index contributed by atoms with van der Waals surface area (Å²) >= 11 is 0. The molecule has 0 unspecified atom stereocenters. The van der Waals surface area contributed by atoms with Gasteiger partial charge >= 0.3 is 6.03 Å². The minimum absolute atomic E-state index is 0.104. The van der Waals surface area contributed by atoms with Crippen molar-refractivity contribution in [1.82, 2.24) is 15.5 Å². The van der Waals surface area contributed by atoms with Gasteiger partial charge in [0.1, 0.15) is 12.1 Å². The summed E-state index contributed by atoms with van der Waals surface area (Å²) < 4.78 is 5.84. The third-order valence-corrected chi connectivity index (χ3v) is 6.35. The molecule has 0 aromatic rings. The fraction of sp³-hybridized carbons (Fsp3) is 0.850. The molecule has 0 aromatic carbocycles. The molecular formula is C20H33N3O4. The Balaban J connectivity index is 1.38. The van der Waals surface area contributed by atoms with Crippen LogP contribution in [-0.4, -0.2) is 54.1 Å². The molecule has 3 rings (SSSR count). The second-order valence-corrected chi connectivity index (χ2v) is 8.27. The smallest absolute Gasteiger partial charge is 0.325 e. The average molecular weight is 380 g/mol. The highest BCUT2D eigenvalue weighted by Gasteiger charge is 2.55. The predicted molar refractivity (Wildman–Crippen MR) is 101 cm³/mol. The van der Waals surface area contributed by atoms with Gasteiger partial charge < -0.3 is 15.4 Å². The minimum Gasteiger partial charge on any atom is -0.378 e. The molecule has 1 aliphatic heterocycles. The molecule has 152 valence electrons. The van der Waals surface area contributed by atoms with Gasteiger partial charge in [-0.1, -0.05) is 39.0 Å². The first kappa shape index (κ1) is 20.1. The highest BCUT2D eigenvalue weighted by Crippen LogP contribution is 2.38. The number of hydrogen-bond donors (Lipinski definition) is 2. The van der Waals surface area contributed by atoms with E-state index in [1.807, 2.05) is 6.92 Å². The molecule has 2 aliphatic carbocycles. The van der Waals surface area contributed by atoms with E-state index in [-0.39, 0.29) is 24.3 Å². The van der Waals surface area contributed by atoms with Crippen LogP contribution in [0.5, 0.6) is 0 Å². The molecule has 3 aliphatic rings. The van der Waals surface area contributed by atoms with Crippen LogP contribution in [0.1, 0.15) is 71.1 Å². The summed E-state index contributed by atoms with van der Waals surface area (Å²) in [6, 6.07) is -0.440. The molecule has 0 radical (unpaired) electrons. The Labute approximate surface area is 161 Å². The Morgan fingerprint density at radius 1 is 1.19 bits per heavy atom. The minimum atomic E-state index is -0.802. The second kappa shape index (κ2) is 9.04. The highest BCUT2D eigenvalue weighted by molar-refractivity contribution is 6.09. The van der Waals surface area contributed by atoms with Crippen molar-refractivity contribution in [3.63, 3.8) is 0 Å². The zero-order valence-electron chi connectivity index (χ0n) is 16.4. The van der Waals surface area contributed by atoms with E-state index in [0.29, 0.717) is 25.7 Å². The Morgan fingerprint density at radius 2 is 1.93 bits per heavy atom. The zero-order valence-corrected chi connectivity index (χ0v) is 16.4. The SMILES string of the molecule is C[C@H]1CCCC[C@]12NC(=O)N(CC(=O)NCCCOC1CCCCC1)C2=O. The molecule has 2 N–H and O–H groups in total. The van der Waals surface area contributed by atoms with Crippen molar-refractivity contribution in [1.29, 1.82) is 0 Å². The predicted octanol–water partition coefficient (Wildman–Crippen LogP) is 2.34. The third-order valence-electron chi connectivity index (χ3n) is 6.35. The normalized spacial score (nSPS) is 29.2. The second-order valence-electron chi connectivity index (χ2n) is 8.27. The van der Waals surface area contributed by atoms with Crippen molar-refractivity contribution in [3.05, 3.63) is 0 Å². The van der Waals surface area contributed by atoms with Gasteiger partial charge in [-0.05, 0) is 38.0 Å². The van der Waals surface area contributed by atoms with Crippen molar-refractivity contribution < 1.29 is 19.1 Å². The first-order valence-electron chi connectivity index (χ1n) is 10.6. The van der Waals surface area contributed by atoms with Crippen LogP contribution in [-0.2, 0) is 14.3 Å². The number of carbonyl (C=O) groups excluding carboxylic acids is 3. The summed E-state index contributed by atoms with van der Waals surface area (Å²) in [5.74, 6) is -0.431. The van der Waals surface area contributed by atoms with E-state index in [0.717, 1.165) is 43.4 Å². The zero-order chi connectivity index (χ0) is 19.3. The lowest BCUT2D eigenvalue weighted by molar-refractivity contribution is -0.137. The lowest BCUT2D eigenvalue weighted by Crippen LogP contribution is -2.54. The molecule has 27 heavy (non-hydrogen) atoms. The summed E-state index contributed by atoms with van der Waals surface area (Å²) in [6.45, 7) is 2.93. The van der Waals surface area contributed by atoms with Crippen LogP contribution in [0.25, 0.3) is 0 Å². The van der Waals surface area contributed by atoms with Gasteiger partial charge in [0.2, 0.25) is 5.91 Å². The van der Waals surface area contributed by atoms with Gasteiger partial charge in [0, 0.05) is 13.2 Å². The standard InChI is InChI=1S/C20H33N3O4/c1-15-8-5-6-11-20(15)18(25)23(19(26)22-20)14-17(24)21-12-7-13-27-16-9-3-2-4-10-16/h15-16H,2-14H2,1H3,(H,21,24)(H,22,26)/t15-,20-/m0/s1. The summed E-state index contributed by atoms with van der Waals surface area (Å²) in [4.78, 5) is 38.4. The Kier molecular flexibility index (Phi) is 6.73. The number of nitrogens with zero attached hydrogens (tertiary/aromatic N) is 1. The van der Waals surface area contributed by atoms with Crippen LogP contribution in [0, 0.1) is 5.92 Å². The van der Waals surface area contributed by atoms with Crippen LogP contribution < -0.4 is 10.6 Å². The van der Waals surface area contributed by atoms with Crippen LogP contribution in [0.4, 0.5) is 4.79 Å². The molecule has 2 atom stereocenters. The van der Waals surface area contributed by atoms with Gasteiger partial charge in [-0.25, -0.2) is 4.79 Å². The molecule has 4 amide bonds. The number of imide groups is 1. The van der Waals surface area contributed by atoms with E-state index in [9.17, 15) is 14.4 Å². The van der Waals surface area contributed by atoms with Crippen LogP contribution in [0.2, 0.25) is 0 Å². The number of urea groups is 1. The van der Waals surface area contributed by atoms with E-state index < -0.39 is 11.6 Å². The molecule has 0 bridgehead atoms. The maximum absolute atomic E-state index is 12.8. The molecule has 2 saturated carbocycles. The van der Waals surface area contributed by atoms with Gasteiger partial charge in [-0.3, -0.25) is 14.5 Å². The lowest BCUT2D eigenvalue weighted by Gasteiger charge is -2.36. The molecule has 1 heterocycles. The third kappa shape index (κ3) is 4.62. The van der Waals surface area contributed by atoms with Gasteiger partial charge in [-0.15, -0.1) is 0 Å². The summed E-state index contributed by atoms with van der Waals surface area (Å²) in [5.41, 5.74) is -0.802. The van der Waals surface area contributed by atoms with E-state index >= 15 is 0 Å². The van der Waals surface area contributed by atoms with Gasteiger partial charge in [0.25, 0.3) is 5.91 Å².